The first-order chi connectivity index (χ1) is 8.65. The summed E-state index contributed by atoms with van der Waals surface area (Å²) in [6.45, 7) is 1.32. The molecule has 0 aromatic heterocycles. The Morgan fingerprint density at radius 2 is 2.28 bits per heavy atom. The van der Waals surface area contributed by atoms with Gasteiger partial charge in [0, 0.05) is 29.4 Å². The molecule has 2 rings (SSSR count). The summed E-state index contributed by atoms with van der Waals surface area (Å²) >= 11 is 5.86. The van der Waals surface area contributed by atoms with Gasteiger partial charge >= 0.3 is 0 Å². The van der Waals surface area contributed by atoms with E-state index in [0.717, 1.165) is 25.9 Å². The molecule has 5 heteroatoms. The number of amides is 1. The van der Waals surface area contributed by atoms with E-state index < -0.39 is 0 Å². The van der Waals surface area contributed by atoms with E-state index in [1.807, 2.05) is 0 Å². The fraction of sp³-hybridized carbons (Fsp3) is 0.462. The second-order valence-electron chi connectivity index (χ2n) is 4.47. The second-order valence-corrected chi connectivity index (χ2v) is 4.91. The van der Waals surface area contributed by atoms with Gasteiger partial charge in [-0.3, -0.25) is 4.79 Å². The van der Waals surface area contributed by atoms with Crippen LogP contribution in [-0.2, 0) is 4.74 Å². The Balaban J connectivity index is 1.90. The summed E-state index contributed by atoms with van der Waals surface area (Å²) in [5.41, 5.74) is 6.62. The quantitative estimate of drug-likeness (QED) is 0.826. The molecule has 0 saturated carbocycles. The molecule has 1 aromatic carbocycles. The topological polar surface area (TPSA) is 64.4 Å². The Morgan fingerprint density at radius 3 is 2.94 bits per heavy atom. The normalized spacial score (nSPS) is 19.5. The molecule has 1 aliphatic heterocycles. The van der Waals surface area contributed by atoms with Crippen LogP contribution in [0.4, 0.5) is 5.69 Å². The number of hydrogen-bond donors (Lipinski definition) is 2. The Hall–Kier alpha value is -1.26. The van der Waals surface area contributed by atoms with Gasteiger partial charge in [-0.2, -0.15) is 0 Å². The fourth-order valence-electron chi connectivity index (χ4n) is 2.02. The summed E-state index contributed by atoms with van der Waals surface area (Å²) in [5.74, 6) is -0.168. The lowest BCUT2D eigenvalue weighted by molar-refractivity contribution is 0.0169. The molecular formula is C13H17ClN2O2. The predicted molar refractivity (Wildman–Crippen MR) is 71.8 cm³/mol. The SMILES string of the molecule is Nc1cc(Cl)cc(C(=O)NCC2CCCCO2)c1. The van der Waals surface area contributed by atoms with Crippen LogP contribution in [-0.4, -0.2) is 25.2 Å². The van der Waals surface area contributed by atoms with E-state index in [1.165, 1.54) is 0 Å². The zero-order valence-corrected chi connectivity index (χ0v) is 10.9. The van der Waals surface area contributed by atoms with Gasteiger partial charge in [-0.15, -0.1) is 0 Å². The van der Waals surface area contributed by atoms with Gasteiger partial charge in [-0.05, 0) is 37.5 Å². The highest BCUT2D eigenvalue weighted by Crippen LogP contribution is 2.17. The van der Waals surface area contributed by atoms with E-state index in [2.05, 4.69) is 5.32 Å². The molecule has 0 spiro atoms. The van der Waals surface area contributed by atoms with Gasteiger partial charge in [0.2, 0.25) is 0 Å². The summed E-state index contributed by atoms with van der Waals surface area (Å²) in [5, 5.41) is 3.31. The van der Waals surface area contributed by atoms with Crippen molar-refractivity contribution in [3.05, 3.63) is 28.8 Å². The van der Waals surface area contributed by atoms with E-state index in [1.54, 1.807) is 18.2 Å². The lowest BCUT2D eigenvalue weighted by Gasteiger charge is -2.22. The molecule has 3 N–H and O–H groups in total. The number of carbonyl (C=O) groups excluding carboxylic acids is 1. The van der Waals surface area contributed by atoms with E-state index in [4.69, 9.17) is 22.1 Å². The minimum atomic E-state index is -0.168. The fourth-order valence-corrected chi connectivity index (χ4v) is 2.26. The first-order valence-corrected chi connectivity index (χ1v) is 6.49. The summed E-state index contributed by atoms with van der Waals surface area (Å²) in [6.07, 6.45) is 3.39. The van der Waals surface area contributed by atoms with Crippen molar-refractivity contribution in [3.8, 4) is 0 Å². The smallest absolute Gasteiger partial charge is 0.251 e. The van der Waals surface area contributed by atoms with Gasteiger partial charge in [-0.1, -0.05) is 11.6 Å². The molecule has 1 amide bonds. The Morgan fingerprint density at radius 1 is 1.44 bits per heavy atom. The molecule has 1 aliphatic rings. The largest absolute Gasteiger partial charge is 0.399 e. The third-order valence-corrected chi connectivity index (χ3v) is 3.16. The van der Waals surface area contributed by atoms with E-state index >= 15 is 0 Å². The molecule has 0 aliphatic carbocycles. The maximum Gasteiger partial charge on any atom is 0.251 e. The first-order valence-electron chi connectivity index (χ1n) is 6.11. The minimum Gasteiger partial charge on any atom is -0.399 e. The number of nitrogens with one attached hydrogen (secondary N) is 1. The van der Waals surface area contributed by atoms with Crippen molar-refractivity contribution in [1.82, 2.24) is 5.32 Å². The van der Waals surface area contributed by atoms with Crippen LogP contribution >= 0.6 is 11.6 Å². The van der Waals surface area contributed by atoms with Crippen LogP contribution in [0, 0.1) is 0 Å². The average Bonchev–Trinajstić information content (AvgIpc) is 2.36. The number of anilines is 1. The van der Waals surface area contributed by atoms with Gasteiger partial charge in [0.15, 0.2) is 0 Å². The Labute approximate surface area is 111 Å². The van der Waals surface area contributed by atoms with Crippen molar-refractivity contribution in [1.29, 1.82) is 0 Å². The number of rotatable bonds is 3. The minimum absolute atomic E-state index is 0.124. The van der Waals surface area contributed by atoms with Crippen LogP contribution in [0.1, 0.15) is 29.6 Å². The maximum absolute atomic E-state index is 11.9. The third-order valence-electron chi connectivity index (χ3n) is 2.95. The van der Waals surface area contributed by atoms with Crippen molar-refractivity contribution < 1.29 is 9.53 Å². The zero-order valence-electron chi connectivity index (χ0n) is 10.1. The number of carbonyl (C=O) groups is 1. The first kappa shape index (κ1) is 13.2. The standard InChI is InChI=1S/C13H17ClN2O2/c14-10-5-9(6-11(15)7-10)13(17)16-8-12-3-1-2-4-18-12/h5-7,12H,1-4,8,15H2,(H,16,17). The van der Waals surface area contributed by atoms with Crippen LogP contribution in [0.25, 0.3) is 0 Å². The Kier molecular flexibility index (Phi) is 4.44. The average molecular weight is 269 g/mol. The molecule has 1 unspecified atom stereocenters. The van der Waals surface area contributed by atoms with Gasteiger partial charge < -0.3 is 15.8 Å². The number of hydrogen-bond acceptors (Lipinski definition) is 3. The predicted octanol–water partition coefficient (Wildman–Crippen LogP) is 2.22. The van der Waals surface area contributed by atoms with Gasteiger partial charge in [-0.25, -0.2) is 0 Å². The monoisotopic (exact) mass is 268 g/mol. The molecule has 18 heavy (non-hydrogen) atoms. The molecule has 1 aromatic rings. The van der Waals surface area contributed by atoms with Crippen molar-refractivity contribution in [2.75, 3.05) is 18.9 Å². The molecule has 1 heterocycles. The van der Waals surface area contributed by atoms with Crippen molar-refractivity contribution in [2.45, 2.75) is 25.4 Å². The number of nitrogens with two attached hydrogens (primary N) is 1. The number of ether oxygens (including phenoxy) is 1. The summed E-state index contributed by atoms with van der Waals surface area (Å²) in [7, 11) is 0. The van der Waals surface area contributed by atoms with Crippen LogP contribution < -0.4 is 11.1 Å². The molecule has 4 nitrogen and oxygen atoms in total. The number of halogens is 1. The van der Waals surface area contributed by atoms with Crippen LogP contribution in [0.15, 0.2) is 18.2 Å². The van der Waals surface area contributed by atoms with Crippen LogP contribution in [0.3, 0.4) is 0 Å². The van der Waals surface area contributed by atoms with Crippen molar-refractivity contribution in [2.24, 2.45) is 0 Å². The van der Waals surface area contributed by atoms with Crippen molar-refractivity contribution in [3.63, 3.8) is 0 Å². The number of nitrogen functional groups attached to an aromatic ring is 1. The molecule has 98 valence electrons. The van der Waals surface area contributed by atoms with Gasteiger partial charge in [0.1, 0.15) is 0 Å². The highest BCUT2D eigenvalue weighted by Gasteiger charge is 2.15. The van der Waals surface area contributed by atoms with E-state index in [-0.39, 0.29) is 12.0 Å². The van der Waals surface area contributed by atoms with E-state index in [0.29, 0.717) is 22.8 Å². The second kappa shape index (κ2) is 6.07. The highest BCUT2D eigenvalue weighted by molar-refractivity contribution is 6.31. The lowest BCUT2D eigenvalue weighted by Crippen LogP contribution is -2.35. The summed E-state index contributed by atoms with van der Waals surface area (Å²) in [6, 6.07) is 4.83. The van der Waals surface area contributed by atoms with E-state index in [9.17, 15) is 4.79 Å². The third kappa shape index (κ3) is 3.62. The maximum atomic E-state index is 11.9. The Bertz CT molecular complexity index is 411. The zero-order chi connectivity index (χ0) is 13.0. The molecule has 1 saturated heterocycles. The van der Waals surface area contributed by atoms with Gasteiger partial charge in [0.05, 0.1) is 6.10 Å². The molecule has 0 radical (unpaired) electrons. The van der Waals surface area contributed by atoms with Crippen molar-refractivity contribution >= 4 is 23.2 Å². The summed E-state index contributed by atoms with van der Waals surface area (Å²) < 4.78 is 5.55. The van der Waals surface area contributed by atoms with Gasteiger partial charge in [0.25, 0.3) is 5.91 Å². The molecule has 0 bridgehead atoms. The molecular weight excluding hydrogens is 252 g/mol. The molecule has 1 fully saturated rings. The number of benzene rings is 1. The lowest BCUT2D eigenvalue weighted by atomic mass is 10.1. The van der Waals surface area contributed by atoms with Crippen LogP contribution in [0.5, 0.6) is 0 Å². The molecule has 1 atom stereocenters. The highest BCUT2D eigenvalue weighted by atomic mass is 35.5. The van der Waals surface area contributed by atoms with Crippen LogP contribution in [0.2, 0.25) is 5.02 Å². The summed E-state index contributed by atoms with van der Waals surface area (Å²) in [4.78, 5) is 11.9.